The second kappa shape index (κ2) is 9.46. The molecule has 0 saturated heterocycles. The van der Waals surface area contributed by atoms with Crippen LogP contribution in [0.1, 0.15) is 23.1 Å². The third kappa shape index (κ3) is 5.06. The van der Waals surface area contributed by atoms with Crippen LogP contribution in [0, 0.1) is 6.92 Å². The Hall–Kier alpha value is -3.65. The number of carbonyl (C=O) groups is 2. The van der Waals surface area contributed by atoms with E-state index in [1.54, 1.807) is 42.5 Å². The smallest absolute Gasteiger partial charge is 0.313 e. The van der Waals surface area contributed by atoms with E-state index in [-0.39, 0.29) is 11.4 Å². The maximum Gasteiger partial charge on any atom is 0.313 e. The van der Waals surface area contributed by atoms with Gasteiger partial charge in [0.1, 0.15) is 0 Å². The van der Waals surface area contributed by atoms with Crippen molar-refractivity contribution in [1.29, 1.82) is 0 Å². The molecule has 8 heteroatoms. The Morgan fingerprint density at radius 2 is 1.67 bits per heavy atom. The van der Waals surface area contributed by atoms with E-state index in [9.17, 15) is 18.0 Å². The Kier molecular flexibility index (Phi) is 6.46. The second-order valence-corrected chi connectivity index (χ2v) is 9.82. The fraction of sp³-hybridized carbons (Fsp3) is 0.200. The van der Waals surface area contributed by atoms with Crippen LogP contribution in [-0.4, -0.2) is 26.8 Å². The Morgan fingerprint density at radius 1 is 0.939 bits per heavy atom. The number of nitrogens with one attached hydrogen (secondary N) is 2. The first-order valence-electron chi connectivity index (χ1n) is 10.7. The normalized spacial score (nSPS) is 13.2. The summed E-state index contributed by atoms with van der Waals surface area (Å²) in [6, 6.07) is 21.1. The fourth-order valence-electron chi connectivity index (χ4n) is 3.75. The van der Waals surface area contributed by atoms with Crippen molar-refractivity contribution in [3.63, 3.8) is 0 Å². The summed E-state index contributed by atoms with van der Waals surface area (Å²) in [7, 11) is -3.75. The molecule has 7 nitrogen and oxygen atoms in total. The quantitative estimate of drug-likeness (QED) is 0.567. The molecule has 0 bridgehead atoms. The number of amides is 2. The molecule has 0 unspecified atom stereocenters. The standard InChI is InChI=1S/C25H25N3O4S/c1-18-9-13-22(14-10-18)33(31,32)28-15-5-8-20-11-12-21(16-23(20)28)27-25(30)24(29)26-17-19-6-3-2-4-7-19/h2-4,6-7,9-14,16H,5,8,15,17H2,1H3,(H,26,29)(H,27,30). The van der Waals surface area contributed by atoms with Crippen LogP contribution in [0.3, 0.4) is 0 Å². The minimum absolute atomic E-state index is 0.218. The SMILES string of the molecule is Cc1ccc(S(=O)(=O)N2CCCc3ccc(NC(=O)C(=O)NCc4ccccc4)cc32)cc1. The molecule has 1 heterocycles. The minimum atomic E-state index is -3.75. The van der Waals surface area contributed by atoms with E-state index in [0.29, 0.717) is 24.3 Å². The number of benzene rings is 3. The van der Waals surface area contributed by atoms with Gasteiger partial charge in [0, 0.05) is 18.8 Å². The van der Waals surface area contributed by atoms with Crippen molar-refractivity contribution in [2.45, 2.75) is 31.2 Å². The molecule has 3 aromatic carbocycles. The van der Waals surface area contributed by atoms with Crippen LogP contribution in [-0.2, 0) is 32.6 Å². The van der Waals surface area contributed by atoms with Crippen LogP contribution in [0.5, 0.6) is 0 Å². The number of rotatable bonds is 5. The molecule has 1 aliphatic rings. The van der Waals surface area contributed by atoms with E-state index in [0.717, 1.165) is 23.1 Å². The first kappa shape index (κ1) is 22.5. The summed E-state index contributed by atoms with van der Waals surface area (Å²) in [4.78, 5) is 24.8. The number of sulfonamides is 1. The van der Waals surface area contributed by atoms with Gasteiger partial charge in [-0.25, -0.2) is 8.42 Å². The van der Waals surface area contributed by atoms with Gasteiger partial charge in [-0.2, -0.15) is 0 Å². The summed E-state index contributed by atoms with van der Waals surface area (Å²) < 4.78 is 28.0. The van der Waals surface area contributed by atoms with Crippen LogP contribution in [0.2, 0.25) is 0 Å². The van der Waals surface area contributed by atoms with Gasteiger partial charge in [0.25, 0.3) is 10.0 Å². The Bertz CT molecular complexity index is 1270. The van der Waals surface area contributed by atoms with Crippen LogP contribution < -0.4 is 14.9 Å². The molecule has 0 aliphatic carbocycles. The van der Waals surface area contributed by atoms with Crippen molar-refractivity contribution in [2.75, 3.05) is 16.2 Å². The summed E-state index contributed by atoms with van der Waals surface area (Å²) in [5.41, 5.74) is 3.61. The molecule has 0 saturated carbocycles. The van der Waals surface area contributed by atoms with Crippen molar-refractivity contribution in [3.8, 4) is 0 Å². The Balaban J connectivity index is 1.51. The number of hydrogen-bond donors (Lipinski definition) is 2. The van der Waals surface area contributed by atoms with Gasteiger partial charge in [0.15, 0.2) is 0 Å². The van der Waals surface area contributed by atoms with Gasteiger partial charge in [-0.05, 0) is 55.2 Å². The monoisotopic (exact) mass is 463 g/mol. The molecular formula is C25H25N3O4S. The molecule has 0 fully saturated rings. The van der Waals surface area contributed by atoms with Gasteiger partial charge in [-0.15, -0.1) is 0 Å². The zero-order valence-electron chi connectivity index (χ0n) is 18.2. The summed E-state index contributed by atoms with van der Waals surface area (Å²) in [5.74, 6) is -1.57. The molecule has 170 valence electrons. The van der Waals surface area contributed by atoms with E-state index in [1.807, 2.05) is 37.3 Å². The molecule has 33 heavy (non-hydrogen) atoms. The van der Waals surface area contributed by atoms with Gasteiger partial charge in [-0.3, -0.25) is 13.9 Å². The van der Waals surface area contributed by atoms with E-state index < -0.39 is 21.8 Å². The molecule has 0 aromatic heterocycles. The average Bonchev–Trinajstić information content (AvgIpc) is 2.83. The van der Waals surface area contributed by atoms with Gasteiger partial charge >= 0.3 is 11.8 Å². The molecule has 0 radical (unpaired) electrons. The summed E-state index contributed by atoms with van der Waals surface area (Å²) >= 11 is 0. The molecule has 4 rings (SSSR count). The molecular weight excluding hydrogens is 438 g/mol. The van der Waals surface area contributed by atoms with Crippen LogP contribution in [0.4, 0.5) is 11.4 Å². The lowest BCUT2D eigenvalue weighted by molar-refractivity contribution is -0.136. The Labute approximate surface area is 193 Å². The summed E-state index contributed by atoms with van der Waals surface area (Å²) in [6.07, 6.45) is 1.44. The number of hydrogen-bond acceptors (Lipinski definition) is 4. The van der Waals surface area contributed by atoms with Gasteiger partial charge in [-0.1, -0.05) is 54.1 Å². The number of anilines is 2. The van der Waals surface area contributed by atoms with Crippen molar-refractivity contribution in [3.05, 3.63) is 89.5 Å². The first-order chi connectivity index (χ1) is 15.8. The summed E-state index contributed by atoms with van der Waals surface area (Å²) in [5, 5.41) is 5.16. The lowest BCUT2D eigenvalue weighted by Crippen LogP contribution is -2.36. The lowest BCUT2D eigenvalue weighted by atomic mass is 10.0. The molecule has 0 spiro atoms. The first-order valence-corrected chi connectivity index (χ1v) is 12.1. The number of carbonyl (C=O) groups excluding carboxylic acids is 2. The molecule has 3 aromatic rings. The molecule has 2 amide bonds. The second-order valence-electron chi connectivity index (χ2n) is 7.96. The Morgan fingerprint density at radius 3 is 2.39 bits per heavy atom. The maximum atomic E-state index is 13.3. The van der Waals surface area contributed by atoms with E-state index >= 15 is 0 Å². The highest BCUT2D eigenvalue weighted by molar-refractivity contribution is 7.92. The highest BCUT2D eigenvalue weighted by atomic mass is 32.2. The maximum absolute atomic E-state index is 13.3. The number of fused-ring (bicyclic) bond motifs is 1. The topological polar surface area (TPSA) is 95.6 Å². The van der Waals surface area contributed by atoms with Gasteiger partial charge in [0.05, 0.1) is 10.6 Å². The lowest BCUT2D eigenvalue weighted by Gasteiger charge is -2.31. The molecule has 1 aliphatic heterocycles. The zero-order chi connectivity index (χ0) is 23.4. The van der Waals surface area contributed by atoms with Crippen molar-refractivity contribution in [2.24, 2.45) is 0 Å². The molecule has 2 N–H and O–H groups in total. The van der Waals surface area contributed by atoms with Crippen LogP contribution in [0.25, 0.3) is 0 Å². The number of nitrogens with zero attached hydrogens (tertiary/aromatic N) is 1. The third-order valence-electron chi connectivity index (χ3n) is 5.53. The van der Waals surface area contributed by atoms with Crippen molar-refractivity contribution >= 4 is 33.2 Å². The van der Waals surface area contributed by atoms with E-state index in [2.05, 4.69) is 10.6 Å². The molecule has 0 atom stereocenters. The van der Waals surface area contributed by atoms with E-state index in [4.69, 9.17) is 0 Å². The van der Waals surface area contributed by atoms with Crippen molar-refractivity contribution in [1.82, 2.24) is 5.32 Å². The predicted octanol–water partition coefficient (Wildman–Crippen LogP) is 3.39. The van der Waals surface area contributed by atoms with Crippen LogP contribution >= 0.6 is 0 Å². The van der Waals surface area contributed by atoms with Gasteiger partial charge < -0.3 is 10.6 Å². The minimum Gasteiger partial charge on any atom is -0.344 e. The highest BCUT2D eigenvalue weighted by Gasteiger charge is 2.29. The summed E-state index contributed by atoms with van der Waals surface area (Å²) in [6.45, 7) is 2.48. The average molecular weight is 464 g/mol. The van der Waals surface area contributed by atoms with Crippen molar-refractivity contribution < 1.29 is 18.0 Å². The van der Waals surface area contributed by atoms with Gasteiger partial charge in [0.2, 0.25) is 0 Å². The van der Waals surface area contributed by atoms with E-state index in [1.165, 1.54) is 4.31 Å². The largest absolute Gasteiger partial charge is 0.344 e. The predicted molar refractivity (Wildman–Crippen MR) is 127 cm³/mol. The zero-order valence-corrected chi connectivity index (χ0v) is 19.1. The van der Waals surface area contributed by atoms with Crippen LogP contribution in [0.15, 0.2) is 77.7 Å². The third-order valence-corrected chi connectivity index (χ3v) is 7.36. The fourth-order valence-corrected chi connectivity index (χ4v) is 5.29. The highest BCUT2D eigenvalue weighted by Crippen LogP contribution is 2.34. The number of aryl methyl sites for hydroxylation is 2.